The molecule has 0 aliphatic carbocycles. The molecule has 156 valence electrons. The molecule has 0 radical (unpaired) electrons. The second kappa shape index (κ2) is 8.84. The van der Waals surface area contributed by atoms with Crippen LogP contribution >= 0.6 is 0 Å². The van der Waals surface area contributed by atoms with E-state index in [0.717, 1.165) is 33.5 Å². The fraction of sp³-hybridized carbons (Fsp3) is 0.115. The van der Waals surface area contributed by atoms with Gasteiger partial charge in [-0.2, -0.15) is 4.72 Å². The van der Waals surface area contributed by atoms with E-state index in [4.69, 9.17) is 0 Å². The van der Waals surface area contributed by atoms with Crippen LogP contribution in [-0.2, 0) is 10.0 Å². The number of benzene rings is 3. The topological polar surface area (TPSA) is 59.1 Å². The summed E-state index contributed by atoms with van der Waals surface area (Å²) in [7, 11) is -3.75. The number of pyridine rings is 1. The van der Waals surface area contributed by atoms with E-state index in [1.165, 1.54) is 0 Å². The van der Waals surface area contributed by atoms with Crippen molar-refractivity contribution in [1.29, 1.82) is 0 Å². The van der Waals surface area contributed by atoms with Crippen molar-refractivity contribution in [3.63, 3.8) is 0 Å². The molecule has 1 heterocycles. The standard InChI is InChI=1S/C26H24N2O2S/c1-19-11-14-22(15-12-19)31(29,30)28-26(21-8-4-3-5-9-21)23-16-13-20(2)18-24(23)25-10-6-7-17-27-25/h3-18,26,28H,1-2H3. The Kier molecular flexibility index (Phi) is 5.98. The number of nitrogens with one attached hydrogen (secondary N) is 1. The smallest absolute Gasteiger partial charge is 0.241 e. The van der Waals surface area contributed by atoms with Crippen molar-refractivity contribution in [2.24, 2.45) is 0 Å². The number of aromatic nitrogens is 1. The van der Waals surface area contributed by atoms with E-state index in [1.807, 2.05) is 80.6 Å². The highest BCUT2D eigenvalue weighted by Gasteiger charge is 2.25. The van der Waals surface area contributed by atoms with Crippen LogP contribution in [0.1, 0.15) is 28.3 Å². The monoisotopic (exact) mass is 428 g/mol. The first-order chi connectivity index (χ1) is 14.9. The second-order valence-electron chi connectivity index (χ2n) is 7.58. The molecule has 0 amide bonds. The summed E-state index contributed by atoms with van der Waals surface area (Å²) in [5.74, 6) is 0. The van der Waals surface area contributed by atoms with Gasteiger partial charge in [-0.05, 0) is 55.3 Å². The van der Waals surface area contributed by atoms with Gasteiger partial charge >= 0.3 is 0 Å². The number of hydrogen-bond acceptors (Lipinski definition) is 3. The van der Waals surface area contributed by atoms with Crippen molar-refractivity contribution in [3.05, 3.63) is 119 Å². The first kappa shape index (κ1) is 21.0. The summed E-state index contributed by atoms with van der Waals surface area (Å²) in [5.41, 5.74) is 5.51. The lowest BCUT2D eigenvalue weighted by Gasteiger charge is -2.23. The van der Waals surface area contributed by atoms with Crippen LogP contribution < -0.4 is 4.72 Å². The van der Waals surface area contributed by atoms with E-state index in [1.54, 1.807) is 30.5 Å². The van der Waals surface area contributed by atoms with Crippen LogP contribution in [0, 0.1) is 13.8 Å². The summed E-state index contributed by atoms with van der Waals surface area (Å²) < 4.78 is 29.5. The molecule has 4 nitrogen and oxygen atoms in total. The van der Waals surface area contributed by atoms with Crippen LogP contribution in [0.25, 0.3) is 11.3 Å². The van der Waals surface area contributed by atoms with Crippen LogP contribution in [0.15, 0.2) is 102 Å². The summed E-state index contributed by atoms with van der Waals surface area (Å²) in [6.45, 7) is 3.95. The summed E-state index contributed by atoms with van der Waals surface area (Å²) in [6.07, 6.45) is 1.75. The van der Waals surface area contributed by atoms with Crippen molar-refractivity contribution >= 4 is 10.0 Å². The summed E-state index contributed by atoms with van der Waals surface area (Å²) in [5, 5.41) is 0. The Morgan fingerprint density at radius 1 is 0.774 bits per heavy atom. The van der Waals surface area contributed by atoms with E-state index in [0.29, 0.717) is 0 Å². The van der Waals surface area contributed by atoms with Gasteiger partial charge in [-0.25, -0.2) is 8.42 Å². The minimum atomic E-state index is -3.75. The maximum Gasteiger partial charge on any atom is 0.241 e. The van der Waals surface area contributed by atoms with Gasteiger partial charge in [0.05, 0.1) is 16.6 Å². The Labute approximate surface area is 183 Å². The molecule has 4 rings (SSSR count). The molecule has 1 atom stereocenters. The van der Waals surface area contributed by atoms with Gasteiger partial charge in [0.1, 0.15) is 0 Å². The lowest BCUT2D eigenvalue weighted by atomic mass is 9.92. The number of aryl methyl sites for hydroxylation is 2. The zero-order valence-corrected chi connectivity index (χ0v) is 18.3. The van der Waals surface area contributed by atoms with Gasteiger partial charge in [0, 0.05) is 11.8 Å². The van der Waals surface area contributed by atoms with E-state index in [-0.39, 0.29) is 4.90 Å². The molecule has 0 aliphatic rings. The Bertz CT molecular complexity index is 1270. The Morgan fingerprint density at radius 3 is 2.13 bits per heavy atom. The molecule has 1 unspecified atom stereocenters. The highest BCUT2D eigenvalue weighted by atomic mass is 32.2. The normalized spacial score (nSPS) is 12.5. The fourth-order valence-corrected chi connectivity index (χ4v) is 4.77. The van der Waals surface area contributed by atoms with Crippen molar-refractivity contribution in [2.75, 3.05) is 0 Å². The summed E-state index contributed by atoms with van der Waals surface area (Å²) in [4.78, 5) is 4.76. The van der Waals surface area contributed by atoms with Gasteiger partial charge in [0.2, 0.25) is 10.0 Å². The van der Waals surface area contributed by atoms with Crippen molar-refractivity contribution in [2.45, 2.75) is 24.8 Å². The third kappa shape index (κ3) is 4.74. The first-order valence-corrected chi connectivity index (χ1v) is 11.6. The Hall–Kier alpha value is -3.28. The van der Waals surface area contributed by atoms with Crippen LogP contribution in [0.5, 0.6) is 0 Å². The van der Waals surface area contributed by atoms with Gasteiger partial charge < -0.3 is 0 Å². The molecule has 0 bridgehead atoms. The van der Waals surface area contributed by atoms with E-state index in [2.05, 4.69) is 9.71 Å². The zero-order chi connectivity index (χ0) is 21.8. The average Bonchev–Trinajstić information content (AvgIpc) is 2.79. The third-order valence-corrected chi connectivity index (χ3v) is 6.64. The largest absolute Gasteiger partial charge is 0.256 e. The molecule has 1 aromatic heterocycles. The van der Waals surface area contributed by atoms with E-state index < -0.39 is 16.1 Å². The maximum absolute atomic E-state index is 13.3. The molecule has 0 spiro atoms. The SMILES string of the molecule is Cc1ccc(S(=O)(=O)NC(c2ccccc2)c2ccc(C)cc2-c2ccccn2)cc1. The first-order valence-electron chi connectivity index (χ1n) is 10.1. The summed E-state index contributed by atoms with van der Waals surface area (Å²) in [6, 6.07) is 27.7. The number of nitrogens with zero attached hydrogens (tertiary/aromatic N) is 1. The fourth-order valence-electron chi connectivity index (χ4n) is 3.56. The van der Waals surface area contributed by atoms with Crippen molar-refractivity contribution < 1.29 is 8.42 Å². The molecule has 0 aliphatic heterocycles. The molecule has 3 aromatic carbocycles. The lowest BCUT2D eigenvalue weighted by Crippen LogP contribution is -2.30. The number of sulfonamides is 1. The van der Waals surface area contributed by atoms with Crippen LogP contribution in [0.2, 0.25) is 0 Å². The average molecular weight is 429 g/mol. The summed E-state index contributed by atoms with van der Waals surface area (Å²) >= 11 is 0. The number of hydrogen-bond donors (Lipinski definition) is 1. The predicted octanol–water partition coefficient (Wildman–Crippen LogP) is 5.43. The van der Waals surface area contributed by atoms with Gasteiger partial charge in [-0.15, -0.1) is 0 Å². The van der Waals surface area contributed by atoms with Crippen LogP contribution in [0.4, 0.5) is 0 Å². The highest BCUT2D eigenvalue weighted by molar-refractivity contribution is 7.89. The van der Waals surface area contributed by atoms with E-state index >= 15 is 0 Å². The Balaban J connectivity index is 1.85. The molecule has 5 heteroatoms. The second-order valence-corrected chi connectivity index (χ2v) is 9.30. The third-order valence-electron chi connectivity index (χ3n) is 5.20. The quantitative estimate of drug-likeness (QED) is 0.445. The minimum Gasteiger partial charge on any atom is -0.256 e. The number of rotatable bonds is 6. The van der Waals surface area contributed by atoms with Crippen LogP contribution in [0.3, 0.4) is 0 Å². The molecule has 0 saturated heterocycles. The highest BCUT2D eigenvalue weighted by Crippen LogP contribution is 2.33. The molecule has 1 N–H and O–H groups in total. The maximum atomic E-state index is 13.3. The van der Waals surface area contributed by atoms with Gasteiger partial charge in [0.15, 0.2) is 0 Å². The van der Waals surface area contributed by atoms with E-state index in [9.17, 15) is 8.42 Å². The molecule has 31 heavy (non-hydrogen) atoms. The van der Waals surface area contributed by atoms with Gasteiger partial charge in [-0.1, -0.05) is 71.8 Å². The van der Waals surface area contributed by atoms with Crippen molar-refractivity contribution in [1.82, 2.24) is 9.71 Å². The molecule has 0 fully saturated rings. The molecule has 4 aromatic rings. The Morgan fingerprint density at radius 2 is 1.45 bits per heavy atom. The molecular weight excluding hydrogens is 404 g/mol. The van der Waals surface area contributed by atoms with Crippen LogP contribution in [-0.4, -0.2) is 13.4 Å². The van der Waals surface area contributed by atoms with Crippen molar-refractivity contribution in [3.8, 4) is 11.3 Å². The zero-order valence-electron chi connectivity index (χ0n) is 17.5. The van der Waals surface area contributed by atoms with Gasteiger partial charge in [-0.3, -0.25) is 4.98 Å². The lowest BCUT2D eigenvalue weighted by molar-refractivity contribution is 0.572. The molecule has 0 saturated carbocycles. The minimum absolute atomic E-state index is 0.241. The molecular formula is C26H24N2O2S. The van der Waals surface area contributed by atoms with Gasteiger partial charge in [0.25, 0.3) is 0 Å². The predicted molar refractivity (Wildman–Crippen MR) is 124 cm³/mol.